The predicted molar refractivity (Wildman–Crippen MR) is 154 cm³/mol. The summed E-state index contributed by atoms with van der Waals surface area (Å²) in [4.78, 5) is 25.8. The number of amides is 1. The summed E-state index contributed by atoms with van der Waals surface area (Å²) in [5, 5.41) is 13.6. The molecule has 0 saturated carbocycles. The third-order valence-electron chi connectivity index (χ3n) is 7.93. The molecule has 11 heteroatoms. The van der Waals surface area contributed by atoms with Gasteiger partial charge in [0, 0.05) is 31.0 Å². The number of hydrogen-bond donors (Lipinski definition) is 1. The van der Waals surface area contributed by atoms with Gasteiger partial charge in [-0.1, -0.05) is 51.9 Å². The van der Waals surface area contributed by atoms with Gasteiger partial charge in [-0.05, 0) is 58.3 Å². The zero-order chi connectivity index (χ0) is 29.3. The molecule has 4 rings (SSSR count). The van der Waals surface area contributed by atoms with Crippen LogP contribution in [0, 0.1) is 10.1 Å². The van der Waals surface area contributed by atoms with E-state index in [-0.39, 0.29) is 12.3 Å². The molecule has 41 heavy (non-hydrogen) atoms. The van der Waals surface area contributed by atoms with E-state index in [0.29, 0.717) is 18.8 Å². The van der Waals surface area contributed by atoms with Gasteiger partial charge in [-0.2, -0.15) is 0 Å². The summed E-state index contributed by atoms with van der Waals surface area (Å²) in [7, 11) is 0. The number of nitrogens with zero attached hydrogens (tertiary/aromatic N) is 2. The number of nitro benzene ring substituents is 1. The van der Waals surface area contributed by atoms with Crippen molar-refractivity contribution in [3.8, 4) is 0 Å². The van der Waals surface area contributed by atoms with Crippen LogP contribution in [-0.2, 0) is 23.7 Å². The maximum absolute atomic E-state index is 13.0. The zero-order valence-electron chi connectivity index (χ0n) is 24.8. The monoisotopic (exact) mass is 577 g/mol. The number of ether oxygens (including phenoxy) is 5. The SMILES string of the molecule is CCCCCCCCCCOC[C@@]12O[C@@H](CN3CCCC3)[C@@H](OC(=O)Nc3ccc([N+](=O)[O-])cc3)[C@@H]1OC(C)(C)O2. The Bertz CT molecular complexity index is 984. The summed E-state index contributed by atoms with van der Waals surface area (Å²) >= 11 is 0. The number of non-ortho nitro benzene ring substituents is 1. The van der Waals surface area contributed by atoms with Gasteiger partial charge < -0.3 is 28.6 Å². The van der Waals surface area contributed by atoms with Crippen molar-refractivity contribution in [2.75, 3.05) is 38.2 Å². The van der Waals surface area contributed by atoms with Gasteiger partial charge >= 0.3 is 6.09 Å². The van der Waals surface area contributed by atoms with Crippen molar-refractivity contribution in [2.24, 2.45) is 0 Å². The minimum Gasteiger partial charge on any atom is -0.440 e. The van der Waals surface area contributed by atoms with Crippen LogP contribution in [0.15, 0.2) is 24.3 Å². The number of unbranched alkanes of at least 4 members (excludes halogenated alkanes) is 7. The minimum atomic E-state index is -1.19. The number of benzene rings is 1. The molecule has 0 unspecified atom stereocenters. The number of hydrogen-bond acceptors (Lipinski definition) is 9. The summed E-state index contributed by atoms with van der Waals surface area (Å²) < 4.78 is 31.3. The van der Waals surface area contributed by atoms with Crippen molar-refractivity contribution < 1.29 is 33.4 Å². The maximum Gasteiger partial charge on any atom is 0.412 e. The third-order valence-corrected chi connectivity index (χ3v) is 7.93. The van der Waals surface area contributed by atoms with Crippen molar-refractivity contribution in [1.82, 2.24) is 4.90 Å². The number of carbonyl (C=O) groups excluding carboxylic acids is 1. The molecule has 3 aliphatic rings. The van der Waals surface area contributed by atoms with E-state index < -0.39 is 40.9 Å². The van der Waals surface area contributed by atoms with E-state index in [2.05, 4.69) is 17.1 Å². The molecule has 1 amide bonds. The van der Waals surface area contributed by atoms with Crippen LogP contribution in [0.4, 0.5) is 16.2 Å². The van der Waals surface area contributed by atoms with Crippen molar-refractivity contribution in [3.63, 3.8) is 0 Å². The predicted octanol–water partition coefficient (Wildman–Crippen LogP) is 6.01. The van der Waals surface area contributed by atoms with Crippen LogP contribution in [-0.4, -0.2) is 78.7 Å². The molecule has 1 N–H and O–H groups in total. The Morgan fingerprint density at radius 1 is 1.05 bits per heavy atom. The summed E-state index contributed by atoms with van der Waals surface area (Å²) in [5.74, 6) is -2.13. The summed E-state index contributed by atoms with van der Waals surface area (Å²) in [5.41, 5.74) is 0.328. The van der Waals surface area contributed by atoms with Gasteiger partial charge in [-0.25, -0.2) is 4.79 Å². The lowest BCUT2D eigenvalue weighted by Gasteiger charge is -2.30. The minimum absolute atomic E-state index is 0.0609. The fourth-order valence-electron chi connectivity index (χ4n) is 5.95. The van der Waals surface area contributed by atoms with Gasteiger partial charge in [-0.15, -0.1) is 0 Å². The number of nitrogens with one attached hydrogen (secondary N) is 1. The van der Waals surface area contributed by atoms with Crippen molar-refractivity contribution in [3.05, 3.63) is 34.4 Å². The Morgan fingerprint density at radius 3 is 2.37 bits per heavy atom. The Labute approximate surface area is 243 Å². The highest BCUT2D eigenvalue weighted by Crippen LogP contribution is 2.47. The molecule has 1 aromatic carbocycles. The van der Waals surface area contributed by atoms with Crippen LogP contribution >= 0.6 is 0 Å². The highest BCUT2D eigenvalue weighted by molar-refractivity contribution is 5.84. The summed E-state index contributed by atoms with van der Waals surface area (Å²) in [6.45, 7) is 9.14. The molecule has 0 aromatic heterocycles. The van der Waals surface area contributed by atoms with Crippen molar-refractivity contribution in [2.45, 2.75) is 115 Å². The van der Waals surface area contributed by atoms with Crippen LogP contribution in [0.3, 0.4) is 0 Å². The zero-order valence-corrected chi connectivity index (χ0v) is 24.8. The van der Waals surface area contributed by atoms with E-state index in [4.69, 9.17) is 23.7 Å². The molecular formula is C30H47N3O8. The van der Waals surface area contributed by atoms with Gasteiger partial charge in [0.1, 0.15) is 12.7 Å². The molecular weight excluding hydrogens is 530 g/mol. The Morgan fingerprint density at radius 2 is 1.71 bits per heavy atom. The second-order valence-corrected chi connectivity index (χ2v) is 11.8. The van der Waals surface area contributed by atoms with Gasteiger partial charge in [0.15, 0.2) is 18.0 Å². The highest BCUT2D eigenvalue weighted by Gasteiger charge is 2.66. The highest BCUT2D eigenvalue weighted by atomic mass is 16.9. The molecule has 3 fully saturated rings. The van der Waals surface area contributed by atoms with Gasteiger partial charge in [0.25, 0.3) is 5.69 Å². The fraction of sp³-hybridized carbons (Fsp3) is 0.767. The van der Waals surface area contributed by atoms with E-state index in [1.807, 2.05) is 13.8 Å². The van der Waals surface area contributed by atoms with Crippen molar-refractivity contribution >= 4 is 17.5 Å². The summed E-state index contributed by atoms with van der Waals surface area (Å²) in [6, 6.07) is 5.59. The van der Waals surface area contributed by atoms with Crippen LogP contribution in [0.25, 0.3) is 0 Å². The van der Waals surface area contributed by atoms with Crippen LogP contribution in [0.5, 0.6) is 0 Å². The second-order valence-electron chi connectivity index (χ2n) is 11.8. The molecule has 3 heterocycles. The molecule has 0 aliphatic carbocycles. The second kappa shape index (κ2) is 14.7. The van der Waals surface area contributed by atoms with Crippen molar-refractivity contribution in [1.29, 1.82) is 0 Å². The van der Waals surface area contributed by atoms with Gasteiger partial charge in [0.05, 0.1) is 4.92 Å². The topological polar surface area (TPSA) is 122 Å². The summed E-state index contributed by atoms with van der Waals surface area (Å²) in [6.07, 6.45) is 9.42. The standard InChI is InChI=1S/C30H47N3O8/c1-4-5-6-7-8-9-10-13-20-37-22-30-27(40-29(2,3)41-30)26(25(39-30)21-32-18-11-12-19-32)38-28(34)31-23-14-16-24(17-15-23)33(35)36/h14-17,25-27H,4-13,18-22H2,1-3H3,(H,31,34)/t25-,26+,27-,30-/m0/s1. The lowest BCUT2D eigenvalue weighted by atomic mass is 10.0. The molecule has 11 nitrogen and oxygen atoms in total. The molecule has 3 aliphatic heterocycles. The molecule has 0 bridgehead atoms. The Kier molecular flexibility index (Phi) is 11.4. The molecule has 0 spiro atoms. The van der Waals surface area contributed by atoms with E-state index in [9.17, 15) is 14.9 Å². The fourth-order valence-corrected chi connectivity index (χ4v) is 5.95. The smallest absolute Gasteiger partial charge is 0.412 e. The number of anilines is 1. The largest absolute Gasteiger partial charge is 0.440 e. The first kappa shape index (κ1) is 31.6. The maximum atomic E-state index is 13.0. The normalized spacial score (nSPS) is 27.1. The Balaban J connectivity index is 1.37. The molecule has 4 atom stereocenters. The number of fused-ring (bicyclic) bond motifs is 1. The van der Waals surface area contributed by atoms with Crippen LogP contribution in [0.1, 0.15) is 85.0 Å². The van der Waals surface area contributed by atoms with E-state index in [1.54, 1.807) is 0 Å². The number of carbonyl (C=O) groups is 1. The number of likely N-dealkylation sites (tertiary alicyclic amines) is 1. The number of nitro groups is 1. The molecule has 0 radical (unpaired) electrons. The van der Waals surface area contributed by atoms with E-state index in [1.165, 1.54) is 62.8 Å². The first-order valence-corrected chi connectivity index (χ1v) is 15.3. The van der Waals surface area contributed by atoms with E-state index in [0.717, 1.165) is 38.8 Å². The van der Waals surface area contributed by atoms with Gasteiger partial charge in [0.2, 0.25) is 5.79 Å². The average molecular weight is 578 g/mol. The third kappa shape index (κ3) is 8.84. The number of rotatable bonds is 16. The molecule has 1 aromatic rings. The average Bonchev–Trinajstić information content (AvgIpc) is 3.59. The quantitative estimate of drug-likeness (QED) is 0.143. The van der Waals surface area contributed by atoms with Gasteiger partial charge in [-0.3, -0.25) is 15.4 Å². The first-order chi connectivity index (χ1) is 19.7. The molecule has 3 saturated heterocycles. The lowest BCUT2D eigenvalue weighted by molar-refractivity contribution is -0.384. The first-order valence-electron chi connectivity index (χ1n) is 15.3. The molecule has 230 valence electrons. The lowest BCUT2D eigenvalue weighted by Crippen LogP contribution is -2.46. The van der Waals surface area contributed by atoms with E-state index >= 15 is 0 Å². The Hall–Kier alpha value is -2.31. The van der Waals surface area contributed by atoms with Crippen LogP contribution in [0.2, 0.25) is 0 Å². The van der Waals surface area contributed by atoms with Crippen LogP contribution < -0.4 is 5.32 Å².